The molecule has 2 N–H and O–H groups in total. The summed E-state index contributed by atoms with van der Waals surface area (Å²) in [7, 11) is 0. The number of thiophene rings is 1. The zero-order chi connectivity index (χ0) is 24.3. The molecule has 2 aromatic carbocycles. The minimum atomic E-state index is -0.306. The lowest BCUT2D eigenvalue weighted by molar-refractivity contribution is -0.119. The first-order valence-electron chi connectivity index (χ1n) is 12.2. The van der Waals surface area contributed by atoms with Crippen molar-refractivity contribution in [2.45, 2.75) is 57.1 Å². The molecule has 1 spiro atoms. The van der Waals surface area contributed by atoms with Gasteiger partial charge in [-0.25, -0.2) is 0 Å². The lowest BCUT2D eigenvalue weighted by atomic mass is 9.77. The van der Waals surface area contributed by atoms with Gasteiger partial charge < -0.3 is 15.4 Å². The highest BCUT2D eigenvalue weighted by atomic mass is 32.1. The molecule has 1 aromatic heterocycles. The third-order valence-corrected chi connectivity index (χ3v) is 7.72. The Labute approximate surface area is 210 Å². The summed E-state index contributed by atoms with van der Waals surface area (Å²) in [5, 5.41) is 8.04. The van der Waals surface area contributed by atoms with Crippen LogP contribution in [0, 0.1) is 6.92 Å². The van der Waals surface area contributed by atoms with Crippen molar-refractivity contribution in [1.29, 1.82) is 0 Å². The first-order valence-corrected chi connectivity index (χ1v) is 13.1. The molecule has 1 aliphatic heterocycles. The second-order valence-electron chi connectivity index (χ2n) is 9.51. The highest BCUT2D eigenvalue weighted by Crippen LogP contribution is 2.46. The fourth-order valence-corrected chi connectivity index (χ4v) is 5.72. The molecular formula is C29H30N2O3S. The summed E-state index contributed by atoms with van der Waals surface area (Å²) >= 11 is 1.52. The van der Waals surface area contributed by atoms with E-state index >= 15 is 0 Å². The standard InChI is InChI=1S/C29H30N2O3S/c1-20-11-13-21(14-12-20)27(32)30-24(18-22-8-7-17-35-22)28(33)31-25-19-29(15-5-2-6-16-29)34-26-10-4-3-9-23(25)26/h3-4,7-14,17-18,25H,2,5-6,15-16,19H2,1H3,(H,30,32)(H,31,33)/b24-18-. The van der Waals surface area contributed by atoms with Crippen LogP contribution in [-0.2, 0) is 4.79 Å². The number of amides is 2. The van der Waals surface area contributed by atoms with Gasteiger partial charge in [0.1, 0.15) is 17.0 Å². The number of hydrogen-bond acceptors (Lipinski definition) is 4. The van der Waals surface area contributed by atoms with Gasteiger partial charge >= 0.3 is 0 Å². The van der Waals surface area contributed by atoms with Crippen molar-refractivity contribution in [3.63, 3.8) is 0 Å². The predicted octanol–water partition coefficient (Wildman–Crippen LogP) is 6.17. The number of ether oxygens (including phenoxy) is 1. The first kappa shape index (κ1) is 23.4. The van der Waals surface area contributed by atoms with Crippen LogP contribution in [0.5, 0.6) is 5.75 Å². The molecule has 3 aromatic rings. The molecule has 5 rings (SSSR count). The monoisotopic (exact) mass is 486 g/mol. The van der Waals surface area contributed by atoms with Crippen molar-refractivity contribution < 1.29 is 14.3 Å². The smallest absolute Gasteiger partial charge is 0.268 e. The summed E-state index contributed by atoms with van der Waals surface area (Å²) in [6, 6.07) is 18.9. The lowest BCUT2D eigenvalue weighted by Gasteiger charge is -2.44. The van der Waals surface area contributed by atoms with Gasteiger partial charge in [-0.15, -0.1) is 11.3 Å². The second kappa shape index (κ2) is 10.1. The molecule has 1 atom stereocenters. The zero-order valence-electron chi connectivity index (χ0n) is 19.9. The number of carbonyl (C=O) groups is 2. The molecule has 1 aliphatic carbocycles. The fraction of sp³-hybridized carbons (Fsp3) is 0.310. The third kappa shape index (κ3) is 5.33. The van der Waals surface area contributed by atoms with Gasteiger partial charge in [-0.05, 0) is 68.3 Å². The van der Waals surface area contributed by atoms with Gasteiger partial charge in [0.05, 0.1) is 6.04 Å². The van der Waals surface area contributed by atoms with Crippen LogP contribution in [0.3, 0.4) is 0 Å². The topological polar surface area (TPSA) is 67.4 Å². The summed E-state index contributed by atoms with van der Waals surface area (Å²) in [5.41, 5.74) is 2.56. The number of hydrogen-bond donors (Lipinski definition) is 2. The van der Waals surface area contributed by atoms with Crippen LogP contribution in [0.4, 0.5) is 0 Å². The first-order chi connectivity index (χ1) is 17.0. The van der Waals surface area contributed by atoms with Gasteiger partial charge in [0.15, 0.2) is 0 Å². The number of nitrogens with one attached hydrogen (secondary N) is 2. The van der Waals surface area contributed by atoms with E-state index in [2.05, 4.69) is 10.6 Å². The van der Waals surface area contributed by atoms with Crippen molar-refractivity contribution in [3.05, 3.63) is 93.3 Å². The second-order valence-corrected chi connectivity index (χ2v) is 10.5. The Hall–Kier alpha value is -3.38. The van der Waals surface area contributed by atoms with E-state index in [9.17, 15) is 9.59 Å². The maximum atomic E-state index is 13.6. The van der Waals surface area contributed by atoms with Gasteiger partial charge in [0.2, 0.25) is 0 Å². The van der Waals surface area contributed by atoms with E-state index in [4.69, 9.17) is 4.74 Å². The quantitative estimate of drug-likeness (QED) is 0.424. The Kier molecular flexibility index (Phi) is 6.73. The number of benzene rings is 2. The van der Waals surface area contributed by atoms with Crippen LogP contribution >= 0.6 is 11.3 Å². The van der Waals surface area contributed by atoms with Crippen molar-refractivity contribution in [3.8, 4) is 5.75 Å². The molecule has 5 nitrogen and oxygen atoms in total. The molecule has 1 fully saturated rings. The van der Waals surface area contributed by atoms with E-state index in [0.29, 0.717) is 5.56 Å². The summed E-state index contributed by atoms with van der Waals surface area (Å²) in [6.45, 7) is 1.97. The molecule has 0 radical (unpaired) electrons. The van der Waals surface area contributed by atoms with Crippen LogP contribution in [0.2, 0.25) is 0 Å². The van der Waals surface area contributed by atoms with Gasteiger partial charge in [0, 0.05) is 22.4 Å². The maximum Gasteiger partial charge on any atom is 0.268 e. The normalized spacial score (nSPS) is 18.9. The third-order valence-electron chi connectivity index (χ3n) is 6.90. The predicted molar refractivity (Wildman–Crippen MR) is 139 cm³/mol. The summed E-state index contributed by atoms with van der Waals surface area (Å²) in [5.74, 6) is 0.240. The summed E-state index contributed by atoms with van der Waals surface area (Å²) in [6.07, 6.45) is 7.97. The Morgan fingerprint density at radius 3 is 2.51 bits per heavy atom. The average molecular weight is 487 g/mol. The number of rotatable bonds is 5. The highest BCUT2D eigenvalue weighted by Gasteiger charge is 2.42. The van der Waals surface area contributed by atoms with Gasteiger partial charge in [-0.2, -0.15) is 0 Å². The minimum absolute atomic E-state index is 0.187. The molecule has 0 bridgehead atoms. The van der Waals surface area contributed by atoms with Crippen molar-refractivity contribution >= 4 is 29.2 Å². The molecule has 0 saturated heterocycles. The van der Waals surface area contributed by atoms with Crippen molar-refractivity contribution in [1.82, 2.24) is 10.6 Å². The highest BCUT2D eigenvalue weighted by molar-refractivity contribution is 7.10. The number of fused-ring (bicyclic) bond motifs is 1. The molecule has 1 unspecified atom stereocenters. The van der Waals surface area contributed by atoms with Crippen molar-refractivity contribution in [2.75, 3.05) is 0 Å². The average Bonchev–Trinajstić information content (AvgIpc) is 3.37. The lowest BCUT2D eigenvalue weighted by Crippen LogP contribution is -2.47. The Balaban J connectivity index is 1.41. The van der Waals surface area contributed by atoms with E-state index < -0.39 is 0 Å². The molecule has 6 heteroatoms. The van der Waals surface area contributed by atoms with Crippen molar-refractivity contribution in [2.24, 2.45) is 0 Å². The Bertz CT molecular complexity index is 1230. The Morgan fingerprint density at radius 2 is 1.77 bits per heavy atom. The summed E-state index contributed by atoms with van der Waals surface area (Å²) in [4.78, 5) is 27.5. The van der Waals surface area contributed by atoms with Gasteiger partial charge in [0.25, 0.3) is 11.8 Å². The van der Waals surface area contributed by atoms with Crippen LogP contribution in [0.15, 0.2) is 71.7 Å². The minimum Gasteiger partial charge on any atom is -0.487 e. The number of carbonyl (C=O) groups excluding carboxylic acids is 2. The molecule has 2 aliphatic rings. The van der Waals surface area contributed by atoms with Gasteiger partial charge in [-0.3, -0.25) is 9.59 Å². The van der Waals surface area contributed by atoms with Crippen LogP contribution < -0.4 is 15.4 Å². The van der Waals surface area contributed by atoms with E-state index in [1.54, 1.807) is 18.2 Å². The van der Waals surface area contributed by atoms with Crippen LogP contribution in [0.25, 0.3) is 6.08 Å². The SMILES string of the molecule is Cc1ccc(C(=O)N/C(=C\c2cccs2)C(=O)NC2CC3(CCCCC3)Oc3ccccc32)cc1. The van der Waals surface area contributed by atoms with E-state index in [0.717, 1.165) is 53.9 Å². The van der Waals surface area contributed by atoms with Crippen LogP contribution in [-0.4, -0.2) is 17.4 Å². The molecule has 35 heavy (non-hydrogen) atoms. The van der Waals surface area contributed by atoms with Crippen LogP contribution in [0.1, 0.15) is 70.9 Å². The molecule has 180 valence electrons. The molecule has 2 heterocycles. The fourth-order valence-electron chi connectivity index (χ4n) is 5.06. The largest absolute Gasteiger partial charge is 0.487 e. The van der Waals surface area contributed by atoms with E-state index in [1.807, 2.05) is 60.8 Å². The van der Waals surface area contributed by atoms with E-state index in [-0.39, 0.29) is 29.2 Å². The number of para-hydroxylation sites is 1. The molecule has 1 saturated carbocycles. The summed E-state index contributed by atoms with van der Waals surface area (Å²) < 4.78 is 6.52. The van der Waals surface area contributed by atoms with Gasteiger partial charge in [-0.1, -0.05) is 48.4 Å². The molecule has 2 amide bonds. The Morgan fingerprint density at radius 1 is 1.00 bits per heavy atom. The maximum absolute atomic E-state index is 13.6. The zero-order valence-corrected chi connectivity index (χ0v) is 20.7. The van der Waals surface area contributed by atoms with E-state index in [1.165, 1.54) is 17.8 Å². The molecular weight excluding hydrogens is 456 g/mol. The number of aryl methyl sites for hydroxylation is 1.